The van der Waals surface area contributed by atoms with Gasteiger partial charge >= 0.3 is 5.97 Å². The molecule has 0 bridgehead atoms. The summed E-state index contributed by atoms with van der Waals surface area (Å²) in [6.07, 6.45) is 1.66. The minimum Gasteiger partial charge on any atom is -0.481 e. The second kappa shape index (κ2) is 6.56. The van der Waals surface area contributed by atoms with Crippen LogP contribution in [0.25, 0.3) is 0 Å². The van der Waals surface area contributed by atoms with E-state index in [1.54, 1.807) is 4.90 Å². The number of nitrogens with zero attached hydrogens (tertiary/aromatic N) is 1. The van der Waals surface area contributed by atoms with Gasteiger partial charge in [-0.15, -0.1) is 0 Å². The first-order valence-corrected chi connectivity index (χ1v) is 5.91. The lowest BCUT2D eigenvalue weighted by Crippen LogP contribution is -2.47. The predicted octanol–water partition coefficient (Wildman–Crippen LogP) is -0.591. The minimum atomic E-state index is -0.938. The number of nitrogens with two attached hydrogens (primary N) is 1. The van der Waals surface area contributed by atoms with Gasteiger partial charge in [-0.1, -0.05) is 0 Å². The Hall–Kier alpha value is -1.14. The van der Waals surface area contributed by atoms with Gasteiger partial charge in [0.05, 0.1) is 6.04 Å². The number of amides is 1. The molecule has 0 radical (unpaired) electrons. The van der Waals surface area contributed by atoms with Gasteiger partial charge in [0.25, 0.3) is 0 Å². The molecule has 0 aliphatic carbocycles. The second-order valence-electron chi connectivity index (χ2n) is 4.49. The van der Waals surface area contributed by atoms with Crippen LogP contribution in [0.5, 0.6) is 0 Å². The number of aliphatic hydroxyl groups is 1. The predicted molar refractivity (Wildman–Crippen MR) is 61.2 cm³/mol. The van der Waals surface area contributed by atoms with Gasteiger partial charge in [0.2, 0.25) is 5.91 Å². The molecule has 1 heterocycles. The molecule has 1 fully saturated rings. The SMILES string of the molecule is NC(CCC(=O)O)C(=O)N1CCC(CO)CC1. The molecule has 6 heteroatoms. The van der Waals surface area contributed by atoms with Gasteiger partial charge in [-0.3, -0.25) is 9.59 Å². The zero-order chi connectivity index (χ0) is 12.8. The molecule has 1 unspecified atom stereocenters. The van der Waals surface area contributed by atoms with Crippen molar-refractivity contribution < 1.29 is 19.8 Å². The molecule has 0 saturated carbocycles. The van der Waals surface area contributed by atoms with Crippen LogP contribution in [0.15, 0.2) is 0 Å². The summed E-state index contributed by atoms with van der Waals surface area (Å²) in [4.78, 5) is 23.9. The highest BCUT2D eigenvalue weighted by Gasteiger charge is 2.26. The fourth-order valence-corrected chi connectivity index (χ4v) is 1.97. The van der Waals surface area contributed by atoms with Crippen molar-refractivity contribution >= 4 is 11.9 Å². The quantitative estimate of drug-likeness (QED) is 0.599. The van der Waals surface area contributed by atoms with Crippen LogP contribution in [0.3, 0.4) is 0 Å². The second-order valence-corrected chi connectivity index (χ2v) is 4.49. The van der Waals surface area contributed by atoms with E-state index in [9.17, 15) is 9.59 Å². The number of carbonyl (C=O) groups is 2. The van der Waals surface area contributed by atoms with Crippen LogP contribution in [-0.2, 0) is 9.59 Å². The minimum absolute atomic E-state index is 0.0833. The molecular formula is C11H20N2O4. The summed E-state index contributed by atoms with van der Waals surface area (Å²) in [5.41, 5.74) is 5.66. The van der Waals surface area contributed by atoms with Crippen LogP contribution in [0.1, 0.15) is 25.7 Å². The standard InChI is InChI=1S/C11H20N2O4/c12-9(1-2-10(15)16)11(17)13-5-3-8(7-14)4-6-13/h8-9,14H,1-7,12H2,(H,15,16). The topological polar surface area (TPSA) is 104 Å². The van der Waals surface area contributed by atoms with E-state index in [1.807, 2.05) is 0 Å². The number of hydrogen-bond acceptors (Lipinski definition) is 4. The Labute approximate surface area is 100 Å². The van der Waals surface area contributed by atoms with E-state index in [0.717, 1.165) is 12.8 Å². The first kappa shape index (κ1) is 13.9. The zero-order valence-electron chi connectivity index (χ0n) is 9.84. The number of likely N-dealkylation sites (tertiary alicyclic amines) is 1. The molecule has 0 aromatic rings. The normalized spacial score (nSPS) is 19.1. The van der Waals surface area contributed by atoms with E-state index in [-0.39, 0.29) is 31.3 Å². The summed E-state index contributed by atoms with van der Waals surface area (Å²) in [5.74, 6) is -0.843. The van der Waals surface area contributed by atoms with Crippen molar-refractivity contribution in [1.29, 1.82) is 0 Å². The molecule has 1 saturated heterocycles. The van der Waals surface area contributed by atoms with Gasteiger partial charge in [0.1, 0.15) is 0 Å². The van der Waals surface area contributed by atoms with Gasteiger partial charge in [0.15, 0.2) is 0 Å². The third-order valence-electron chi connectivity index (χ3n) is 3.17. The molecule has 98 valence electrons. The molecule has 1 atom stereocenters. The Morgan fingerprint density at radius 2 is 1.94 bits per heavy atom. The summed E-state index contributed by atoms with van der Waals surface area (Å²) < 4.78 is 0. The summed E-state index contributed by atoms with van der Waals surface area (Å²) in [6.45, 7) is 1.36. The van der Waals surface area contributed by atoms with E-state index in [2.05, 4.69) is 0 Å². The van der Waals surface area contributed by atoms with Crippen molar-refractivity contribution in [3.8, 4) is 0 Å². The van der Waals surface area contributed by atoms with Crippen LogP contribution < -0.4 is 5.73 Å². The summed E-state index contributed by atoms with van der Waals surface area (Å²) >= 11 is 0. The van der Waals surface area contributed by atoms with Crippen LogP contribution in [0, 0.1) is 5.92 Å². The molecule has 0 aromatic carbocycles. The number of carboxylic acids is 1. The Morgan fingerprint density at radius 3 is 2.41 bits per heavy atom. The van der Waals surface area contributed by atoms with Crippen molar-refractivity contribution in [3.05, 3.63) is 0 Å². The van der Waals surface area contributed by atoms with Crippen molar-refractivity contribution in [2.24, 2.45) is 11.7 Å². The lowest BCUT2D eigenvalue weighted by molar-refractivity contribution is -0.138. The van der Waals surface area contributed by atoms with Crippen molar-refractivity contribution in [3.63, 3.8) is 0 Å². The maximum atomic E-state index is 11.9. The molecule has 0 spiro atoms. The van der Waals surface area contributed by atoms with E-state index < -0.39 is 12.0 Å². The molecule has 1 amide bonds. The molecule has 17 heavy (non-hydrogen) atoms. The van der Waals surface area contributed by atoms with Crippen molar-refractivity contribution in [2.45, 2.75) is 31.7 Å². The average Bonchev–Trinajstić information content (AvgIpc) is 2.35. The molecule has 0 aromatic heterocycles. The summed E-state index contributed by atoms with van der Waals surface area (Å²) in [6, 6.07) is -0.725. The first-order valence-electron chi connectivity index (χ1n) is 5.91. The molecule has 4 N–H and O–H groups in total. The van der Waals surface area contributed by atoms with Gasteiger partial charge in [0, 0.05) is 26.1 Å². The Bertz CT molecular complexity index is 275. The Kier molecular flexibility index (Phi) is 5.37. The monoisotopic (exact) mass is 244 g/mol. The van der Waals surface area contributed by atoms with Crippen LogP contribution in [0.4, 0.5) is 0 Å². The van der Waals surface area contributed by atoms with E-state index in [1.165, 1.54) is 0 Å². The fraction of sp³-hybridized carbons (Fsp3) is 0.818. The third-order valence-corrected chi connectivity index (χ3v) is 3.17. The highest BCUT2D eigenvalue weighted by atomic mass is 16.4. The fourth-order valence-electron chi connectivity index (χ4n) is 1.97. The maximum absolute atomic E-state index is 11.9. The highest BCUT2D eigenvalue weighted by molar-refractivity contribution is 5.82. The van der Waals surface area contributed by atoms with Gasteiger partial charge in [-0.25, -0.2) is 0 Å². The number of carbonyl (C=O) groups excluding carboxylic acids is 1. The number of piperidine rings is 1. The number of rotatable bonds is 5. The number of carboxylic acid groups (broad SMARTS) is 1. The zero-order valence-corrected chi connectivity index (χ0v) is 9.84. The largest absolute Gasteiger partial charge is 0.481 e. The highest BCUT2D eigenvalue weighted by Crippen LogP contribution is 2.17. The smallest absolute Gasteiger partial charge is 0.303 e. The van der Waals surface area contributed by atoms with Gasteiger partial charge in [-0.05, 0) is 25.2 Å². The maximum Gasteiger partial charge on any atom is 0.303 e. The molecule has 1 aliphatic rings. The number of aliphatic carboxylic acids is 1. The molecule has 1 aliphatic heterocycles. The molecule has 1 rings (SSSR count). The van der Waals surface area contributed by atoms with Crippen LogP contribution >= 0.6 is 0 Å². The van der Waals surface area contributed by atoms with E-state index in [4.69, 9.17) is 15.9 Å². The van der Waals surface area contributed by atoms with Gasteiger partial charge < -0.3 is 20.8 Å². The number of hydrogen-bond donors (Lipinski definition) is 3. The van der Waals surface area contributed by atoms with Crippen LogP contribution in [-0.4, -0.2) is 52.7 Å². The lowest BCUT2D eigenvalue weighted by atomic mass is 9.97. The summed E-state index contributed by atoms with van der Waals surface area (Å²) in [5, 5.41) is 17.5. The van der Waals surface area contributed by atoms with Crippen molar-refractivity contribution in [1.82, 2.24) is 4.90 Å². The van der Waals surface area contributed by atoms with Crippen LogP contribution in [0.2, 0.25) is 0 Å². The van der Waals surface area contributed by atoms with Crippen molar-refractivity contribution in [2.75, 3.05) is 19.7 Å². The first-order chi connectivity index (χ1) is 8.04. The Morgan fingerprint density at radius 1 is 1.35 bits per heavy atom. The van der Waals surface area contributed by atoms with Gasteiger partial charge in [-0.2, -0.15) is 0 Å². The Balaban J connectivity index is 2.34. The third kappa shape index (κ3) is 4.32. The van der Waals surface area contributed by atoms with E-state index in [0.29, 0.717) is 13.1 Å². The average molecular weight is 244 g/mol. The lowest BCUT2D eigenvalue weighted by Gasteiger charge is -2.32. The molecule has 6 nitrogen and oxygen atoms in total. The number of aliphatic hydroxyl groups excluding tert-OH is 1. The van der Waals surface area contributed by atoms with E-state index >= 15 is 0 Å². The molecular weight excluding hydrogens is 224 g/mol. The summed E-state index contributed by atoms with van der Waals surface area (Å²) in [7, 11) is 0.